The Morgan fingerprint density at radius 3 is 2.80 bits per heavy atom. The third-order valence-electron chi connectivity index (χ3n) is 4.40. The molecule has 0 amide bonds. The molecule has 0 bridgehead atoms. The van der Waals surface area contributed by atoms with Gasteiger partial charge < -0.3 is 4.98 Å². The number of hydrogen-bond acceptors (Lipinski definition) is 4. The zero-order valence-electron chi connectivity index (χ0n) is 13.6. The Morgan fingerprint density at radius 1 is 1.16 bits per heavy atom. The van der Waals surface area contributed by atoms with Crippen LogP contribution in [-0.2, 0) is 19.5 Å². The molecule has 0 saturated heterocycles. The first-order valence-electron chi connectivity index (χ1n) is 8.20. The summed E-state index contributed by atoms with van der Waals surface area (Å²) in [4.78, 5) is 26.1. The van der Waals surface area contributed by atoms with E-state index >= 15 is 0 Å². The maximum absolute atomic E-state index is 13.8. The first-order valence-corrected chi connectivity index (χ1v) is 8.20. The minimum absolute atomic E-state index is 0.130. The van der Waals surface area contributed by atoms with Gasteiger partial charge in [0.05, 0.1) is 17.0 Å². The molecular weight excluding hydrogens is 319 g/mol. The molecule has 1 aromatic carbocycles. The third-order valence-corrected chi connectivity index (χ3v) is 4.40. The number of pyridine rings is 1. The summed E-state index contributed by atoms with van der Waals surface area (Å²) in [5.41, 5.74) is 2.63. The molecule has 6 heteroatoms. The van der Waals surface area contributed by atoms with Gasteiger partial charge >= 0.3 is 0 Å². The van der Waals surface area contributed by atoms with Crippen molar-refractivity contribution in [3.8, 4) is 11.4 Å². The normalized spacial score (nSPS) is 14.3. The predicted octanol–water partition coefficient (Wildman–Crippen LogP) is 2.53. The highest BCUT2D eigenvalue weighted by molar-refractivity contribution is 5.54. The van der Waals surface area contributed by atoms with Crippen LogP contribution in [-0.4, -0.2) is 26.4 Å². The largest absolute Gasteiger partial charge is 0.306 e. The molecule has 3 aromatic rings. The summed E-state index contributed by atoms with van der Waals surface area (Å²) in [5.74, 6) is 0.272. The first kappa shape index (κ1) is 15.7. The summed E-state index contributed by atoms with van der Waals surface area (Å²) in [6.45, 7) is 1.54. The maximum atomic E-state index is 13.8. The second-order valence-electron chi connectivity index (χ2n) is 6.10. The van der Waals surface area contributed by atoms with E-state index in [1.165, 1.54) is 6.07 Å². The average molecular weight is 336 g/mol. The van der Waals surface area contributed by atoms with E-state index in [9.17, 15) is 9.18 Å². The summed E-state index contributed by atoms with van der Waals surface area (Å²) in [5, 5.41) is 0. The Morgan fingerprint density at radius 2 is 2.00 bits per heavy atom. The average Bonchev–Trinajstić information content (AvgIpc) is 2.65. The van der Waals surface area contributed by atoms with Crippen molar-refractivity contribution in [2.75, 3.05) is 6.54 Å². The smallest absolute Gasteiger partial charge is 0.255 e. The van der Waals surface area contributed by atoms with Crippen LogP contribution in [0.5, 0.6) is 0 Å². The van der Waals surface area contributed by atoms with Gasteiger partial charge in [-0.05, 0) is 12.1 Å². The molecule has 0 spiro atoms. The van der Waals surface area contributed by atoms with Gasteiger partial charge in [0.2, 0.25) is 0 Å². The topological polar surface area (TPSA) is 61.9 Å². The molecule has 0 fully saturated rings. The van der Waals surface area contributed by atoms with Gasteiger partial charge in [-0.15, -0.1) is 0 Å². The third kappa shape index (κ3) is 3.21. The van der Waals surface area contributed by atoms with Crippen LogP contribution in [0, 0.1) is 5.82 Å². The molecular formula is C19H17FN4O. The highest BCUT2D eigenvalue weighted by Crippen LogP contribution is 2.20. The number of H-pyrrole nitrogens is 1. The second kappa shape index (κ2) is 6.57. The molecule has 25 heavy (non-hydrogen) atoms. The highest BCUT2D eigenvalue weighted by atomic mass is 19.1. The summed E-state index contributed by atoms with van der Waals surface area (Å²) in [7, 11) is 0. The fourth-order valence-corrected chi connectivity index (χ4v) is 3.10. The number of hydrogen-bond donors (Lipinski definition) is 1. The molecule has 0 radical (unpaired) electrons. The molecule has 0 atom stereocenters. The number of aromatic amines is 1. The number of rotatable bonds is 3. The summed E-state index contributed by atoms with van der Waals surface area (Å²) in [6.07, 6.45) is 2.24. The van der Waals surface area contributed by atoms with Crippen molar-refractivity contribution in [2.24, 2.45) is 0 Å². The number of nitrogens with one attached hydrogen (secondary N) is 1. The van der Waals surface area contributed by atoms with Gasteiger partial charge in [-0.2, -0.15) is 0 Å². The van der Waals surface area contributed by atoms with E-state index < -0.39 is 0 Å². The Balaban J connectivity index is 1.60. The van der Waals surface area contributed by atoms with E-state index in [2.05, 4.69) is 15.0 Å². The maximum Gasteiger partial charge on any atom is 0.255 e. The van der Waals surface area contributed by atoms with E-state index in [1.807, 2.05) is 35.2 Å². The molecule has 0 unspecified atom stereocenters. The second-order valence-corrected chi connectivity index (χ2v) is 6.10. The lowest BCUT2D eigenvalue weighted by molar-refractivity contribution is 0.235. The van der Waals surface area contributed by atoms with E-state index in [0.717, 1.165) is 11.3 Å². The van der Waals surface area contributed by atoms with E-state index in [4.69, 9.17) is 0 Å². The Kier molecular flexibility index (Phi) is 4.11. The standard InChI is InChI=1S/C19H17FN4O/c20-15-7-4-9-21-17(15)12-24-10-8-16-14(11-24)19(25)23-18(22-16)13-5-2-1-3-6-13/h1-7,9H,8,10-12H2,(H,22,23,25). The molecule has 1 N–H and O–H groups in total. The van der Waals surface area contributed by atoms with Gasteiger partial charge in [0.15, 0.2) is 0 Å². The lowest BCUT2D eigenvalue weighted by atomic mass is 10.1. The molecule has 3 heterocycles. The fourth-order valence-electron chi connectivity index (χ4n) is 3.10. The van der Waals surface area contributed by atoms with Crippen LogP contribution in [0.3, 0.4) is 0 Å². The first-order chi connectivity index (χ1) is 12.2. The SMILES string of the molecule is O=c1[nH]c(-c2ccccc2)nc2c1CN(Cc1ncccc1F)CC2. The quantitative estimate of drug-likeness (QED) is 0.798. The minimum Gasteiger partial charge on any atom is -0.306 e. The van der Waals surface area contributed by atoms with Crippen LogP contribution in [0.1, 0.15) is 17.0 Å². The molecule has 1 aliphatic heterocycles. The lowest BCUT2D eigenvalue weighted by Gasteiger charge is -2.27. The van der Waals surface area contributed by atoms with E-state index in [0.29, 0.717) is 43.1 Å². The van der Waals surface area contributed by atoms with Crippen molar-refractivity contribution in [3.63, 3.8) is 0 Å². The Hall–Kier alpha value is -2.86. The zero-order chi connectivity index (χ0) is 17.2. The van der Waals surface area contributed by atoms with Crippen molar-refractivity contribution >= 4 is 0 Å². The number of halogens is 1. The Bertz CT molecular complexity index is 955. The van der Waals surface area contributed by atoms with Gasteiger partial charge in [-0.25, -0.2) is 9.37 Å². The van der Waals surface area contributed by atoms with Crippen LogP contribution in [0.25, 0.3) is 11.4 Å². The van der Waals surface area contributed by atoms with Gasteiger partial charge in [-0.3, -0.25) is 14.7 Å². The van der Waals surface area contributed by atoms with Gasteiger partial charge in [0.25, 0.3) is 5.56 Å². The molecule has 0 saturated carbocycles. The van der Waals surface area contributed by atoms with Crippen LogP contribution in [0.2, 0.25) is 0 Å². The Labute approximate surface area is 144 Å². The monoisotopic (exact) mass is 336 g/mol. The molecule has 2 aromatic heterocycles. The van der Waals surface area contributed by atoms with Crippen molar-refractivity contribution < 1.29 is 4.39 Å². The van der Waals surface area contributed by atoms with Crippen molar-refractivity contribution in [1.82, 2.24) is 19.9 Å². The van der Waals surface area contributed by atoms with Gasteiger partial charge in [0, 0.05) is 37.8 Å². The van der Waals surface area contributed by atoms with E-state index in [1.54, 1.807) is 12.3 Å². The van der Waals surface area contributed by atoms with Crippen molar-refractivity contribution in [1.29, 1.82) is 0 Å². The fraction of sp³-hybridized carbons (Fsp3) is 0.211. The van der Waals surface area contributed by atoms with E-state index in [-0.39, 0.29) is 11.4 Å². The molecule has 0 aliphatic carbocycles. The summed E-state index contributed by atoms with van der Waals surface area (Å²) >= 11 is 0. The minimum atomic E-state index is -0.320. The summed E-state index contributed by atoms with van der Waals surface area (Å²) in [6, 6.07) is 12.6. The highest BCUT2D eigenvalue weighted by Gasteiger charge is 2.22. The van der Waals surface area contributed by atoms with Gasteiger partial charge in [0.1, 0.15) is 11.6 Å². The molecule has 4 rings (SSSR count). The van der Waals surface area contributed by atoms with Crippen LogP contribution < -0.4 is 5.56 Å². The van der Waals surface area contributed by atoms with Crippen LogP contribution in [0.15, 0.2) is 53.5 Å². The van der Waals surface area contributed by atoms with Gasteiger partial charge in [-0.1, -0.05) is 30.3 Å². The lowest BCUT2D eigenvalue weighted by Crippen LogP contribution is -2.35. The number of benzene rings is 1. The van der Waals surface area contributed by atoms with Crippen LogP contribution >= 0.6 is 0 Å². The number of fused-ring (bicyclic) bond motifs is 1. The molecule has 5 nitrogen and oxygen atoms in total. The van der Waals surface area contributed by atoms with Crippen LogP contribution in [0.4, 0.5) is 4.39 Å². The summed E-state index contributed by atoms with van der Waals surface area (Å²) < 4.78 is 13.8. The predicted molar refractivity (Wildman–Crippen MR) is 92.3 cm³/mol. The molecule has 1 aliphatic rings. The number of aromatic nitrogens is 3. The number of nitrogens with zero attached hydrogens (tertiary/aromatic N) is 3. The molecule has 126 valence electrons. The van der Waals surface area contributed by atoms with Crippen molar-refractivity contribution in [3.05, 3.63) is 81.8 Å². The zero-order valence-corrected chi connectivity index (χ0v) is 13.6. The van der Waals surface area contributed by atoms with Crippen molar-refractivity contribution in [2.45, 2.75) is 19.5 Å².